The van der Waals surface area contributed by atoms with E-state index < -0.39 is 0 Å². The second-order valence-electron chi connectivity index (χ2n) is 3.12. The SMILES string of the molecule is Cl.NC(=O)CCCN1CCCC1. The molecular formula is C8H17ClN2O. The molecule has 2 N–H and O–H groups in total. The number of primary amides is 1. The highest BCUT2D eigenvalue weighted by molar-refractivity contribution is 5.85. The summed E-state index contributed by atoms with van der Waals surface area (Å²) >= 11 is 0. The highest BCUT2D eigenvalue weighted by Crippen LogP contribution is 2.07. The van der Waals surface area contributed by atoms with Gasteiger partial charge in [-0.05, 0) is 38.9 Å². The van der Waals surface area contributed by atoms with Gasteiger partial charge in [-0.1, -0.05) is 0 Å². The van der Waals surface area contributed by atoms with Crippen molar-refractivity contribution in [2.24, 2.45) is 5.73 Å². The van der Waals surface area contributed by atoms with E-state index in [-0.39, 0.29) is 18.3 Å². The molecule has 1 fully saturated rings. The molecule has 1 aliphatic heterocycles. The van der Waals surface area contributed by atoms with E-state index in [0.717, 1.165) is 13.0 Å². The summed E-state index contributed by atoms with van der Waals surface area (Å²) in [5, 5.41) is 0. The van der Waals surface area contributed by atoms with Gasteiger partial charge < -0.3 is 10.6 Å². The van der Waals surface area contributed by atoms with Crippen LogP contribution in [0.1, 0.15) is 25.7 Å². The Morgan fingerprint density at radius 2 is 1.92 bits per heavy atom. The molecule has 0 bridgehead atoms. The average Bonchev–Trinajstić information content (AvgIpc) is 2.39. The number of hydrogen-bond donors (Lipinski definition) is 1. The summed E-state index contributed by atoms with van der Waals surface area (Å²) in [6.45, 7) is 3.46. The molecule has 1 saturated heterocycles. The number of carbonyl (C=O) groups excluding carboxylic acids is 1. The van der Waals surface area contributed by atoms with Gasteiger partial charge in [0, 0.05) is 6.42 Å². The number of nitrogens with two attached hydrogens (primary N) is 1. The number of rotatable bonds is 4. The van der Waals surface area contributed by atoms with E-state index >= 15 is 0 Å². The minimum atomic E-state index is -0.177. The van der Waals surface area contributed by atoms with Gasteiger partial charge in [0.05, 0.1) is 0 Å². The molecule has 0 aromatic heterocycles. The monoisotopic (exact) mass is 192 g/mol. The molecular weight excluding hydrogens is 176 g/mol. The second-order valence-corrected chi connectivity index (χ2v) is 3.12. The zero-order valence-electron chi connectivity index (χ0n) is 7.29. The van der Waals surface area contributed by atoms with Crippen molar-refractivity contribution in [1.82, 2.24) is 4.90 Å². The molecule has 72 valence electrons. The maximum Gasteiger partial charge on any atom is 0.217 e. The van der Waals surface area contributed by atoms with Crippen LogP contribution in [0, 0.1) is 0 Å². The van der Waals surface area contributed by atoms with Gasteiger partial charge in [0.15, 0.2) is 0 Å². The van der Waals surface area contributed by atoms with Gasteiger partial charge in [-0.2, -0.15) is 0 Å². The summed E-state index contributed by atoms with van der Waals surface area (Å²) in [4.78, 5) is 12.8. The zero-order valence-corrected chi connectivity index (χ0v) is 8.11. The van der Waals surface area contributed by atoms with E-state index in [1.165, 1.54) is 25.9 Å². The summed E-state index contributed by atoms with van der Waals surface area (Å²) in [7, 11) is 0. The van der Waals surface area contributed by atoms with E-state index in [1.807, 2.05) is 0 Å². The highest BCUT2D eigenvalue weighted by Gasteiger charge is 2.10. The van der Waals surface area contributed by atoms with Crippen LogP contribution in [0.2, 0.25) is 0 Å². The van der Waals surface area contributed by atoms with Crippen molar-refractivity contribution in [1.29, 1.82) is 0 Å². The van der Waals surface area contributed by atoms with E-state index in [0.29, 0.717) is 6.42 Å². The summed E-state index contributed by atoms with van der Waals surface area (Å²) in [5.74, 6) is -0.177. The lowest BCUT2D eigenvalue weighted by molar-refractivity contribution is -0.118. The van der Waals surface area contributed by atoms with E-state index in [2.05, 4.69) is 4.90 Å². The summed E-state index contributed by atoms with van der Waals surface area (Å²) in [6.07, 6.45) is 4.10. The van der Waals surface area contributed by atoms with Crippen LogP contribution in [0.5, 0.6) is 0 Å². The number of likely N-dealkylation sites (tertiary alicyclic amines) is 1. The average molecular weight is 193 g/mol. The molecule has 1 amide bonds. The van der Waals surface area contributed by atoms with Crippen LogP contribution in [-0.2, 0) is 4.79 Å². The van der Waals surface area contributed by atoms with Crippen molar-refractivity contribution in [3.63, 3.8) is 0 Å². The van der Waals surface area contributed by atoms with Gasteiger partial charge in [0.2, 0.25) is 5.91 Å². The van der Waals surface area contributed by atoms with Crippen molar-refractivity contribution >= 4 is 18.3 Å². The molecule has 0 saturated carbocycles. The normalized spacial score (nSPS) is 17.3. The fourth-order valence-corrected chi connectivity index (χ4v) is 1.48. The van der Waals surface area contributed by atoms with Gasteiger partial charge in [-0.3, -0.25) is 4.79 Å². The van der Waals surface area contributed by atoms with Crippen LogP contribution < -0.4 is 5.73 Å². The molecule has 3 nitrogen and oxygen atoms in total. The molecule has 12 heavy (non-hydrogen) atoms. The predicted octanol–water partition coefficient (Wildman–Crippen LogP) is 0.770. The molecule has 0 radical (unpaired) electrons. The molecule has 0 atom stereocenters. The molecule has 1 rings (SSSR count). The van der Waals surface area contributed by atoms with Crippen molar-refractivity contribution in [3.8, 4) is 0 Å². The van der Waals surface area contributed by atoms with Gasteiger partial charge in [-0.25, -0.2) is 0 Å². The smallest absolute Gasteiger partial charge is 0.217 e. The topological polar surface area (TPSA) is 46.3 Å². The Hall–Kier alpha value is -0.280. The third-order valence-corrected chi connectivity index (χ3v) is 2.10. The maximum absolute atomic E-state index is 10.4. The van der Waals surface area contributed by atoms with Crippen LogP contribution in [0.3, 0.4) is 0 Å². The lowest BCUT2D eigenvalue weighted by Crippen LogP contribution is -2.22. The van der Waals surface area contributed by atoms with Gasteiger partial charge in [0.1, 0.15) is 0 Å². The Morgan fingerprint density at radius 3 is 2.42 bits per heavy atom. The van der Waals surface area contributed by atoms with Crippen molar-refractivity contribution < 1.29 is 4.79 Å². The molecule has 0 aromatic rings. The van der Waals surface area contributed by atoms with Crippen molar-refractivity contribution in [3.05, 3.63) is 0 Å². The zero-order chi connectivity index (χ0) is 8.10. The van der Waals surface area contributed by atoms with Crippen molar-refractivity contribution in [2.75, 3.05) is 19.6 Å². The maximum atomic E-state index is 10.4. The fourth-order valence-electron chi connectivity index (χ4n) is 1.48. The Balaban J connectivity index is 0.00000121. The first-order chi connectivity index (χ1) is 5.29. The van der Waals surface area contributed by atoms with Crippen LogP contribution in [-0.4, -0.2) is 30.4 Å². The number of amides is 1. The Labute approximate surface area is 79.7 Å². The second kappa shape index (κ2) is 6.26. The third-order valence-electron chi connectivity index (χ3n) is 2.10. The summed E-state index contributed by atoms with van der Waals surface area (Å²) in [5.41, 5.74) is 5.02. The fraction of sp³-hybridized carbons (Fsp3) is 0.875. The molecule has 0 unspecified atom stereocenters. The van der Waals surface area contributed by atoms with Gasteiger partial charge in [0.25, 0.3) is 0 Å². The summed E-state index contributed by atoms with van der Waals surface area (Å²) < 4.78 is 0. The lowest BCUT2D eigenvalue weighted by Gasteiger charge is -2.12. The van der Waals surface area contributed by atoms with E-state index in [9.17, 15) is 4.79 Å². The first-order valence-corrected chi connectivity index (χ1v) is 4.30. The lowest BCUT2D eigenvalue weighted by atomic mass is 10.3. The number of carbonyl (C=O) groups is 1. The van der Waals surface area contributed by atoms with Gasteiger partial charge in [-0.15, -0.1) is 12.4 Å². The first kappa shape index (κ1) is 11.7. The third kappa shape index (κ3) is 4.57. The Kier molecular flexibility index (Phi) is 6.11. The molecule has 1 heterocycles. The van der Waals surface area contributed by atoms with Crippen LogP contribution >= 0.6 is 12.4 Å². The molecule has 1 aliphatic rings. The van der Waals surface area contributed by atoms with E-state index in [1.54, 1.807) is 0 Å². The minimum Gasteiger partial charge on any atom is -0.370 e. The van der Waals surface area contributed by atoms with E-state index in [4.69, 9.17) is 5.73 Å². The Morgan fingerprint density at radius 1 is 1.33 bits per heavy atom. The largest absolute Gasteiger partial charge is 0.370 e. The van der Waals surface area contributed by atoms with Crippen molar-refractivity contribution in [2.45, 2.75) is 25.7 Å². The van der Waals surface area contributed by atoms with Crippen LogP contribution in [0.15, 0.2) is 0 Å². The first-order valence-electron chi connectivity index (χ1n) is 4.30. The quantitative estimate of drug-likeness (QED) is 0.716. The summed E-state index contributed by atoms with van der Waals surface area (Å²) in [6, 6.07) is 0. The van der Waals surface area contributed by atoms with Gasteiger partial charge >= 0.3 is 0 Å². The highest BCUT2D eigenvalue weighted by atomic mass is 35.5. The minimum absolute atomic E-state index is 0. The van der Waals surface area contributed by atoms with Crippen LogP contribution in [0.25, 0.3) is 0 Å². The molecule has 0 spiro atoms. The molecule has 0 aromatic carbocycles. The Bertz CT molecular complexity index is 135. The molecule has 4 heteroatoms. The predicted molar refractivity (Wildman–Crippen MR) is 51.4 cm³/mol. The molecule has 0 aliphatic carbocycles. The number of hydrogen-bond acceptors (Lipinski definition) is 2. The number of halogens is 1. The number of nitrogens with zero attached hydrogens (tertiary/aromatic N) is 1. The van der Waals surface area contributed by atoms with Crippen LogP contribution in [0.4, 0.5) is 0 Å². The standard InChI is InChI=1S/C8H16N2O.ClH/c9-8(11)4-3-7-10-5-1-2-6-10;/h1-7H2,(H2,9,11);1H.